The van der Waals surface area contributed by atoms with Gasteiger partial charge < -0.3 is 10.2 Å². The first-order valence-corrected chi connectivity index (χ1v) is 7.53. The molecule has 0 spiro atoms. The smallest absolute Gasteiger partial charge is 0.293 e. The van der Waals surface area contributed by atoms with Crippen LogP contribution in [-0.4, -0.2) is 31.6 Å². The summed E-state index contributed by atoms with van der Waals surface area (Å²) >= 11 is 2.11. The summed E-state index contributed by atoms with van der Waals surface area (Å²) in [7, 11) is 1.95. The number of nitrogens with one attached hydrogen (secondary N) is 1. The highest BCUT2D eigenvalue weighted by atomic mass is 127. The van der Waals surface area contributed by atoms with Gasteiger partial charge in [0.15, 0.2) is 0 Å². The average molecular weight is 375 g/mol. The molecule has 2 rings (SSSR count). The van der Waals surface area contributed by atoms with E-state index in [2.05, 4.69) is 32.8 Å². The zero-order chi connectivity index (χ0) is 13.8. The first-order chi connectivity index (χ1) is 9.11. The molecule has 1 unspecified atom stereocenters. The van der Waals surface area contributed by atoms with Crippen molar-refractivity contribution in [1.82, 2.24) is 5.32 Å². The lowest BCUT2D eigenvalue weighted by Crippen LogP contribution is -2.39. The first-order valence-electron chi connectivity index (χ1n) is 6.45. The quantitative estimate of drug-likeness (QED) is 0.500. The second kappa shape index (κ2) is 6.51. The number of nitro groups is 1. The van der Waals surface area contributed by atoms with Crippen LogP contribution in [-0.2, 0) is 0 Å². The van der Waals surface area contributed by atoms with Crippen molar-refractivity contribution in [1.29, 1.82) is 0 Å². The molecule has 1 aliphatic heterocycles. The number of halogens is 1. The maximum Gasteiger partial charge on any atom is 0.293 e. The highest BCUT2D eigenvalue weighted by Crippen LogP contribution is 2.32. The van der Waals surface area contributed by atoms with E-state index in [1.807, 2.05) is 19.2 Å². The number of nitrogens with zero attached hydrogens (tertiary/aromatic N) is 2. The average Bonchev–Trinajstić information content (AvgIpc) is 2.39. The molecule has 1 saturated heterocycles. The molecule has 1 N–H and O–H groups in total. The van der Waals surface area contributed by atoms with Crippen LogP contribution in [0.5, 0.6) is 0 Å². The van der Waals surface area contributed by atoms with Crippen molar-refractivity contribution in [3.63, 3.8) is 0 Å². The number of nitro benzene ring substituents is 1. The predicted molar refractivity (Wildman–Crippen MR) is 84.7 cm³/mol. The van der Waals surface area contributed by atoms with Crippen LogP contribution in [0.15, 0.2) is 18.2 Å². The van der Waals surface area contributed by atoms with Gasteiger partial charge in [0.05, 0.1) is 4.92 Å². The fraction of sp³-hybridized carbons (Fsp3) is 0.538. The Labute approximate surface area is 126 Å². The largest absolute Gasteiger partial charge is 0.366 e. The minimum Gasteiger partial charge on any atom is -0.366 e. The number of anilines is 1. The van der Waals surface area contributed by atoms with Crippen LogP contribution < -0.4 is 10.2 Å². The van der Waals surface area contributed by atoms with E-state index in [9.17, 15) is 10.1 Å². The molecule has 0 aliphatic carbocycles. The van der Waals surface area contributed by atoms with E-state index in [-0.39, 0.29) is 10.6 Å². The van der Waals surface area contributed by atoms with Crippen molar-refractivity contribution < 1.29 is 4.92 Å². The molecule has 5 nitrogen and oxygen atoms in total. The Balaban J connectivity index is 2.23. The molecular formula is C13H18IN3O2. The zero-order valence-corrected chi connectivity index (χ0v) is 13.1. The molecule has 6 heteroatoms. The minimum absolute atomic E-state index is 0.219. The molecule has 1 aliphatic rings. The summed E-state index contributed by atoms with van der Waals surface area (Å²) in [5, 5.41) is 14.4. The molecule has 0 aromatic heterocycles. The van der Waals surface area contributed by atoms with Crippen LogP contribution in [0.25, 0.3) is 0 Å². The van der Waals surface area contributed by atoms with E-state index in [0.717, 1.165) is 35.3 Å². The number of hydrogen-bond donors (Lipinski definition) is 1. The van der Waals surface area contributed by atoms with Crippen LogP contribution in [0, 0.1) is 19.6 Å². The van der Waals surface area contributed by atoms with Gasteiger partial charge in [-0.05, 0) is 67.1 Å². The molecule has 1 aromatic carbocycles. The summed E-state index contributed by atoms with van der Waals surface area (Å²) < 4.78 is 0.900. The van der Waals surface area contributed by atoms with Gasteiger partial charge in [0.1, 0.15) is 5.69 Å². The Morgan fingerprint density at radius 2 is 2.37 bits per heavy atom. The highest BCUT2D eigenvalue weighted by Gasteiger charge is 2.25. The molecular weight excluding hydrogens is 357 g/mol. The summed E-state index contributed by atoms with van der Waals surface area (Å²) in [6.45, 7) is 2.76. The third kappa shape index (κ3) is 3.56. The van der Waals surface area contributed by atoms with Crippen LogP contribution in [0.1, 0.15) is 12.8 Å². The van der Waals surface area contributed by atoms with Gasteiger partial charge in [-0.15, -0.1) is 0 Å². The van der Waals surface area contributed by atoms with Crippen molar-refractivity contribution in [2.45, 2.75) is 12.8 Å². The Bertz CT molecular complexity index is 465. The summed E-state index contributed by atoms with van der Waals surface area (Å²) in [5.41, 5.74) is 0.975. The normalized spacial score (nSPS) is 19.5. The Morgan fingerprint density at radius 3 is 3.05 bits per heavy atom. The molecule has 104 valence electrons. The monoisotopic (exact) mass is 375 g/mol. The molecule has 0 amide bonds. The first kappa shape index (κ1) is 14.5. The summed E-state index contributed by atoms with van der Waals surface area (Å²) in [6.07, 6.45) is 2.28. The summed E-state index contributed by atoms with van der Waals surface area (Å²) in [4.78, 5) is 13.1. The van der Waals surface area contributed by atoms with Crippen molar-refractivity contribution in [3.8, 4) is 0 Å². The third-order valence-electron chi connectivity index (χ3n) is 3.49. The molecule has 1 fully saturated rings. The van der Waals surface area contributed by atoms with E-state index in [0.29, 0.717) is 5.92 Å². The number of rotatable bonds is 4. The Hall–Kier alpha value is -0.890. The number of benzene rings is 1. The van der Waals surface area contributed by atoms with E-state index >= 15 is 0 Å². The fourth-order valence-corrected chi connectivity index (χ4v) is 3.12. The second-order valence-corrected chi connectivity index (χ2v) is 6.15. The standard InChI is InChI=1S/C13H18IN3O2/c1-15-8-10-3-2-6-16(9-10)12-5-4-11(14)7-13(12)17(18)19/h4-5,7,10,15H,2-3,6,8-9H2,1H3. The van der Waals surface area contributed by atoms with Gasteiger partial charge in [0, 0.05) is 22.7 Å². The summed E-state index contributed by atoms with van der Waals surface area (Å²) in [6, 6.07) is 5.46. The van der Waals surface area contributed by atoms with E-state index < -0.39 is 0 Å². The van der Waals surface area contributed by atoms with Gasteiger partial charge in [-0.2, -0.15) is 0 Å². The van der Waals surface area contributed by atoms with Gasteiger partial charge >= 0.3 is 0 Å². The van der Waals surface area contributed by atoms with Crippen molar-refractivity contribution >= 4 is 34.0 Å². The van der Waals surface area contributed by atoms with Gasteiger partial charge in [0.25, 0.3) is 5.69 Å². The van der Waals surface area contributed by atoms with Crippen LogP contribution in [0.3, 0.4) is 0 Å². The number of piperidine rings is 1. The SMILES string of the molecule is CNCC1CCCN(c2ccc(I)cc2[N+](=O)[O-])C1. The lowest BCUT2D eigenvalue weighted by Gasteiger charge is -2.34. The van der Waals surface area contributed by atoms with Crippen molar-refractivity contribution in [3.05, 3.63) is 31.9 Å². The van der Waals surface area contributed by atoms with E-state index in [1.165, 1.54) is 6.42 Å². The van der Waals surface area contributed by atoms with Gasteiger partial charge in [-0.3, -0.25) is 10.1 Å². The predicted octanol–water partition coefficient (Wildman–Crippen LogP) is 2.64. The van der Waals surface area contributed by atoms with E-state index in [1.54, 1.807) is 6.07 Å². The lowest BCUT2D eigenvalue weighted by molar-refractivity contribution is -0.384. The molecule has 1 aromatic rings. The molecule has 0 bridgehead atoms. The van der Waals surface area contributed by atoms with Crippen LogP contribution >= 0.6 is 22.6 Å². The molecule has 19 heavy (non-hydrogen) atoms. The lowest BCUT2D eigenvalue weighted by atomic mass is 9.97. The molecule has 0 saturated carbocycles. The fourth-order valence-electron chi connectivity index (χ4n) is 2.65. The van der Waals surface area contributed by atoms with Crippen LogP contribution in [0.2, 0.25) is 0 Å². The van der Waals surface area contributed by atoms with Crippen molar-refractivity contribution in [2.24, 2.45) is 5.92 Å². The molecule has 0 radical (unpaired) electrons. The highest BCUT2D eigenvalue weighted by molar-refractivity contribution is 14.1. The van der Waals surface area contributed by atoms with Gasteiger partial charge in [-0.25, -0.2) is 0 Å². The maximum absolute atomic E-state index is 11.2. The minimum atomic E-state index is -0.279. The third-order valence-corrected chi connectivity index (χ3v) is 4.16. The zero-order valence-electron chi connectivity index (χ0n) is 10.9. The number of hydrogen-bond acceptors (Lipinski definition) is 4. The van der Waals surface area contributed by atoms with Gasteiger partial charge in [0.2, 0.25) is 0 Å². The van der Waals surface area contributed by atoms with Gasteiger partial charge in [-0.1, -0.05) is 0 Å². The summed E-state index contributed by atoms with van der Waals surface area (Å²) in [5.74, 6) is 0.567. The Kier molecular flexibility index (Phi) is 4.98. The Morgan fingerprint density at radius 1 is 1.58 bits per heavy atom. The van der Waals surface area contributed by atoms with Crippen molar-refractivity contribution in [2.75, 3.05) is 31.6 Å². The molecule has 1 heterocycles. The maximum atomic E-state index is 11.2. The molecule has 1 atom stereocenters. The second-order valence-electron chi connectivity index (χ2n) is 4.90. The van der Waals surface area contributed by atoms with E-state index in [4.69, 9.17) is 0 Å². The topological polar surface area (TPSA) is 58.4 Å². The van der Waals surface area contributed by atoms with Crippen LogP contribution in [0.4, 0.5) is 11.4 Å².